The van der Waals surface area contributed by atoms with Gasteiger partial charge in [0.05, 0.1) is 0 Å². The van der Waals surface area contributed by atoms with Crippen molar-refractivity contribution in [3.8, 4) is 0 Å². The number of hydrogen-bond donors (Lipinski definition) is 1. The van der Waals surface area contributed by atoms with Crippen LogP contribution in [0.2, 0.25) is 0 Å². The Hall–Kier alpha value is -0.630. The highest BCUT2D eigenvalue weighted by Crippen LogP contribution is 2.24. The van der Waals surface area contributed by atoms with E-state index in [1.807, 2.05) is 20.0 Å². The Bertz CT molecular complexity index is 230. The van der Waals surface area contributed by atoms with Crippen molar-refractivity contribution >= 4 is 0 Å². The smallest absolute Gasteiger partial charge is 0.123 e. The molecule has 0 spiro atoms. The van der Waals surface area contributed by atoms with Crippen molar-refractivity contribution in [1.82, 2.24) is 5.32 Å². The molecule has 2 unspecified atom stereocenters. The lowest BCUT2D eigenvalue weighted by molar-refractivity contribution is 0.532. The van der Waals surface area contributed by atoms with Crippen molar-refractivity contribution < 1.29 is 4.39 Å². The molecule has 74 valence electrons. The SMILES string of the molecule is CCC1=CC(C)CC(NC)C=C1F. The second kappa shape index (κ2) is 4.56. The summed E-state index contributed by atoms with van der Waals surface area (Å²) in [6.45, 7) is 4.12. The van der Waals surface area contributed by atoms with E-state index in [4.69, 9.17) is 0 Å². The first-order valence-electron chi connectivity index (χ1n) is 4.93. The summed E-state index contributed by atoms with van der Waals surface area (Å²) < 4.78 is 13.5. The van der Waals surface area contributed by atoms with E-state index in [1.165, 1.54) is 0 Å². The number of likely N-dealkylation sites (N-methyl/N-ethyl adjacent to an activating group) is 1. The second-order valence-electron chi connectivity index (χ2n) is 3.67. The Morgan fingerprint density at radius 3 is 2.77 bits per heavy atom. The molecule has 0 heterocycles. The van der Waals surface area contributed by atoms with Crippen molar-refractivity contribution in [2.45, 2.75) is 32.7 Å². The molecule has 0 aromatic heterocycles. The highest BCUT2D eigenvalue weighted by Gasteiger charge is 2.15. The molecule has 2 atom stereocenters. The fraction of sp³-hybridized carbons (Fsp3) is 0.636. The molecule has 1 N–H and O–H groups in total. The van der Waals surface area contributed by atoms with E-state index in [0.29, 0.717) is 5.92 Å². The average molecular weight is 183 g/mol. The van der Waals surface area contributed by atoms with Gasteiger partial charge >= 0.3 is 0 Å². The molecule has 1 nitrogen and oxygen atoms in total. The lowest BCUT2D eigenvalue weighted by atomic mass is 10.0. The average Bonchev–Trinajstić information content (AvgIpc) is 2.25. The molecule has 0 saturated heterocycles. The van der Waals surface area contributed by atoms with Crippen molar-refractivity contribution in [2.75, 3.05) is 7.05 Å². The van der Waals surface area contributed by atoms with Crippen LogP contribution in [0, 0.1) is 5.92 Å². The van der Waals surface area contributed by atoms with E-state index < -0.39 is 0 Å². The van der Waals surface area contributed by atoms with Crippen molar-refractivity contribution in [3.63, 3.8) is 0 Å². The van der Waals surface area contributed by atoms with Crippen LogP contribution in [0.15, 0.2) is 23.6 Å². The van der Waals surface area contributed by atoms with Gasteiger partial charge in [0.1, 0.15) is 5.83 Å². The van der Waals surface area contributed by atoms with Crippen LogP contribution in [0.1, 0.15) is 26.7 Å². The molecule has 0 aromatic rings. The predicted octanol–water partition coefficient (Wildman–Crippen LogP) is 2.80. The van der Waals surface area contributed by atoms with Crippen LogP contribution in [0.3, 0.4) is 0 Å². The van der Waals surface area contributed by atoms with E-state index in [1.54, 1.807) is 6.08 Å². The van der Waals surface area contributed by atoms with Crippen LogP contribution in [0.4, 0.5) is 4.39 Å². The minimum Gasteiger partial charge on any atom is -0.313 e. The van der Waals surface area contributed by atoms with Crippen molar-refractivity contribution in [1.29, 1.82) is 0 Å². The zero-order chi connectivity index (χ0) is 9.84. The fourth-order valence-electron chi connectivity index (χ4n) is 1.73. The lowest BCUT2D eigenvalue weighted by Crippen LogP contribution is -2.24. The molecule has 1 aliphatic carbocycles. The van der Waals surface area contributed by atoms with Gasteiger partial charge in [-0.15, -0.1) is 0 Å². The summed E-state index contributed by atoms with van der Waals surface area (Å²) in [7, 11) is 1.87. The maximum Gasteiger partial charge on any atom is 0.123 e. The highest BCUT2D eigenvalue weighted by atomic mass is 19.1. The second-order valence-corrected chi connectivity index (χ2v) is 3.67. The maximum absolute atomic E-state index is 13.5. The van der Waals surface area contributed by atoms with Gasteiger partial charge in [0, 0.05) is 6.04 Å². The topological polar surface area (TPSA) is 12.0 Å². The van der Waals surface area contributed by atoms with E-state index in [0.717, 1.165) is 18.4 Å². The van der Waals surface area contributed by atoms with E-state index in [-0.39, 0.29) is 11.9 Å². The lowest BCUT2D eigenvalue weighted by Gasteiger charge is -2.12. The molecule has 0 amide bonds. The standard InChI is InChI=1S/C11H18FN/c1-4-9-5-8(2)6-10(13-3)7-11(9)12/h5,7-8,10,13H,4,6H2,1-3H3. The Labute approximate surface area is 79.7 Å². The number of halogens is 1. The van der Waals surface area contributed by atoms with Crippen LogP contribution in [0.25, 0.3) is 0 Å². The maximum atomic E-state index is 13.5. The highest BCUT2D eigenvalue weighted by molar-refractivity contribution is 5.29. The van der Waals surface area contributed by atoms with Gasteiger partial charge in [0.15, 0.2) is 0 Å². The monoisotopic (exact) mass is 183 g/mol. The molecule has 0 radical (unpaired) electrons. The zero-order valence-corrected chi connectivity index (χ0v) is 8.60. The summed E-state index contributed by atoms with van der Waals surface area (Å²) in [5.74, 6) is 0.406. The van der Waals surface area contributed by atoms with Crippen LogP contribution < -0.4 is 5.32 Å². The van der Waals surface area contributed by atoms with Crippen LogP contribution >= 0.6 is 0 Å². The number of hydrogen-bond acceptors (Lipinski definition) is 1. The molecule has 0 saturated carbocycles. The first-order chi connectivity index (χ1) is 6.17. The minimum atomic E-state index is -0.0498. The summed E-state index contributed by atoms with van der Waals surface area (Å²) in [5.41, 5.74) is 0.852. The van der Waals surface area contributed by atoms with Crippen LogP contribution in [-0.4, -0.2) is 13.1 Å². The first-order valence-corrected chi connectivity index (χ1v) is 4.93. The molecule has 2 heteroatoms. The van der Waals surface area contributed by atoms with Crippen molar-refractivity contribution in [2.24, 2.45) is 5.92 Å². The number of nitrogens with one attached hydrogen (secondary N) is 1. The van der Waals surface area contributed by atoms with E-state index in [2.05, 4.69) is 12.2 Å². The van der Waals surface area contributed by atoms with Crippen LogP contribution in [-0.2, 0) is 0 Å². The molecule has 1 aliphatic rings. The first kappa shape index (κ1) is 10.5. The molecule has 0 aromatic carbocycles. The zero-order valence-electron chi connectivity index (χ0n) is 8.60. The van der Waals surface area contributed by atoms with Gasteiger partial charge in [-0.05, 0) is 37.5 Å². The van der Waals surface area contributed by atoms with E-state index >= 15 is 0 Å². The van der Waals surface area contributed by atoms with Gasteiger partial charge in [-0.3, -0.25) is 0 Å². The van der Waals surface area contributed by atoms with Gasteiger partial charge in [0.25, 0.3) is 0 Å². The summed E-state index contributed by atoms with van der Waals surface area (Å²) in [6, 6.07) is 0.176. The van der Waals surface area contributed by atoms with Gasteiger partial charge in [-0.25, -0.2) is 4.39 Å². The third-order valence-electron chi connectivity index (χ3n) is 2.52. The molecule has 0 fully saturated rings. The third kappa shape index (κ3) is 2.66. The Balaban J connectivity index is 2.85. The van der Waals surface area contributed by atoms with Gasteiger partial charge in [-0.2, -0.15) is 0 Å². The number of rotatable bonds is 2. The predicted molar refractivity (Wildman–Crippen MR) is 54.2 cm³/mol. The summed E-state index contributed by atoms with van der Waals surface area (Å²) in [4.78, 5) is 0. The third-order valence-corrected chi connectivity index (χ3v) is 2.52. The van der Waals surface area contributed by atoms with E-state index in [9.17, 15) is 4.39 Å². The molecular formula is C11H18FN. The quantitative estimate of drug-likeness (QED) is 0.694. The number of allylic oxidation sites excluding steroid dienone is 3. The normalized spacial score (nSPS) is 29.2. The molecule has 13 heavy (non-hydrogen) atoms. The van der Waals surface area contributed by atoms with Gasteiger partial charge in [0.2, 0.25) is 0 Å². The van der Waals surface area contributed by atoms with Crippen molar-refractivity contribution in [3.05, 3.63) is 23.6 Å². The minimum absolute atomic E-state index is 0.0498. The summed E-state index contributed by atoms with van der Waals surface area (Å²) in [5, 5.41) is 3.10. The largest absolute Gasteiger partial charge is 0.313 e. The Kier molecular flexibility index (Phi) is 3.67. The molecular weight excluding hydrogens is 165 g/mol. The Morgan fingerprint density at radius 1 is 1.54 bits per heavy atom. The molecule has 0 bridgehead atoms. The molecule has 0 aliphatic heterocycles. The molecule has 1 rings (SSSR count). The van der Waals surface area contributed by atoms with Gasteiger partial charge in [-0.1, -0.05) is 19.9 Å². The Morgan fingerprint density at radius 2 is 2.23 bits per heavy atom. The fourth-order valence-corrected chi connectivity index (χ4v) is 1.73. The van der Waals surface area contributed by atoms with Gasteiger partial charge < -0.3 is 5.32 Å². The van der Waals surface area contributed by atoms with Crippen LogP contribution in [0.5, 0.6) is 0 Å². The summed E-state index contributed by atoms with van der Waals surface area (Å²) >= 11 is 0. The summed E-state index contributed by atoms with van der Waals surface area (Å²) in [6.07, 6.45) is 5.50.